The fraction of sp³-hybridized carbons (Fsp3) is 0.533. The van der Waals surface area contributed by atoms with Crippen LogP contribution in [0.3, 0.4) is 0 Å². The maximum Gasteiger partial charge on any atom is 0.220 e. The van der Waals surface area contributed by atoms with Crippen molar-refractivity contribution < 1.29 is 9.53 Å². The third-order valence-corrected chi connectivity index (χ3v) is 5.12. The summed E-state index contributed by atoms with van der Waals surface area (Å²) >= 11 is 1.93. The third-order valence-electron chi connectivity index (χ3n) is 3.71. The van der Waals surface area contributed by atoms with Crippen molar-refractivity contribution >= 4 is 17.7 Å². The van der Waals surface area contributed by atoms with Gasteiger partial charge in [-0.1, -0.05) is 18.2 Å². The van der Waals surface area contributed by atoms with Crippen LogP contribution in [-0.4, -0.2) is 24.0 Å². The van der Waals surface area contributed by atoms with E-state index >= 15 is 0 Å². The summed E-state index contributed by atoms with van der Waals surface area (Å²) in [7, 11) is 0. The number of carbonyl (C=O) groups is 1. The molecule has 1 fully saturated rings. The minimum Gasteiger partial charge on any atom is -0.493 e. The first kappa shape index (κ1) is 12.9. The van der Waals surface area contributed by atoms with Gasteiger partial charge in [-0.2, -0.15) is 11.8 Å². The Balaban J connectivity index is 1.67. The van der Waals surface area contributed by atoms with Gasteiger partial charge >= 0.3 is 0 Å². The number of para-hydroxylation sites is 1. The van der Waals surface area contributed by atoms with Gasteiger partial charge in [-0.05, 0) is 36.3 Å². The molecule has 0 aliphatic carbocycles. The van der Waals surface area contributed by atoms with Crippen molar-refractivity contribution in [3.63, 3.8) is 0 Å². The quantitative estimate of drug-likeness (QED) is 0.923. The Morgan fingerprint density at radius 3 is 3.00 bits per heavy atom. The van der Waals surface area contributed by atoms with E-state index in [1.807, 2.05) is 30.0 Å². The van der Waals surface area contributed by atoms with Crippen molar-refractivity contribution in [1.29, 1.82) is 0 Å². The highest BCUT2D eigenvalue weighted by atomic mass is 32.2. The largest absolute Gasteiger partial charge is 0.493 e. The summed E-state index contributed by atoms with van der Waals surface area (Å²) in [6.45, 7) is 0.739. The van der Waals surface area contributed by atoms with E-state index in [0.717, 1.165) is 42.3 Å². The molecule has 1 atom stereocenters. The lowest BCUT2D eigenvalue weighted by atomic mass is 10.0. The van der Waals surface area contributed by atoms with E-state index in [-0.39, 0.29) is 11.9 Å². The lowest BCUT2D eigenvalue weighted by molar-refractivity contribution is -0.122. The van der Waals surface area contributed by atoms with Crippen LogP contribution in [-0.2, 0) is 4.79 Å². The SMILES string of the molecule is O=C(CC1CSC1)NC1CCCOc2ccccc21. The van der Waals surface area contributed by atoms with Crippen LogP contribution in [0.15, 0.2) is 24.3 Å². The molecule has 1 amide bonds. The highest BCUT2D eigenvalue weighted by Gasteiger charge is 2.25. The molecule has 1 unspecified atom stereocenters. The van der Waals surface area contributed by atoms with Crippen molar-refractivity contribution in [2.45, 2.75) is 25.3 Å². The summed E-state index contributed by atoms with van der Waals surface area (Å²) in [6.07, 6.45) is 2.62. The summed E-state index contributed by atoms with van der Waals surface area (Å²) in [5, 5.41) is 3.19. The second-order valence-electron chi connectivity index (χ2n) is 5.26. The maximum atomic E-state index is 12.1. The lowest BCUT2D eigenvalue weighted by Crippen LogP contribution is -2.32. The lowest BCUT2D eigenvalue weighted by Gasteiger charge is -2.25. The highest BCUT2D eigenvalue weighted by molar-refractivity contribution is 8.00. The van der Waals surface area contributed by atoms with Gasteiger partial charge in [-0.3, -0.25) is 4.79 Å². The fourth-order valence-corrected chi connectivity index (χ4v) is 3.40. The number of hydrogen-bond acceptors (Lipinski definition) is 3. The third kappa shape index (κ3) is 3.06. The number of benzene rings is 1. The van der Waals surface area contributed by atoms with E-state index < -0.39 is 0 Å². The molecular weight excluding hydrogens is 258 g/mol. The average Bonchev–Trinajstić information content (AvgIpc) is 2.57. The monoisotopic (exact) mass is 277 g/mol. The molecule has 3 nitrogen and oxygen atoms in total. The average molecular weight is 277 g/mol. The Morgan fingerprint density at radius 1 is 1.37 bits per heavy atom. The molecule has 0 spiro atoms. The maximum absolute atomic E-state index is 12.1. The van der Waals surface area contributed by atoms with E-state index in [1.165, 1.54) is 0 Å². The first-order chi connectivity index (χ1) is 9.33. The minimum atomic E-state index is 0.110. The molecule has 2 aliphatic rings. The van der Waals surface area contributed by atoms with Crippen molar-refractivity contribution in [1.82, 2.24) is 5.32 Å². The molecular formula is C15H19NO2S. The number of fused-ring (bicyclic) bond motifs is 1. The summed E-state index contributed by atoms with van der Waals surface area (Å²) in [4.78, 5) is 12.1. The minimum absolute atomic E-state index is 0.110. The molecule has 2 heterocycles. The molecule has 0 saturated carbocycles. The van der Waals surface area contributed by atoms with Crippen LogP contribution in [0.5, 0.6) is 5.75 Å². The molecule has 2 aliphatic heterocycles. The van der Waals surface area contributed by atoms with Gasteiger partial charge in [0.05, 0.1) is 12.6 Å². The second-order valence-corrected chi connectivity index (χ2v) is 6.33. The Kier molecular flexibility index (Phi) is 3.97. The van der Waals surface area contributed by atoms with Gasteiger partial charge in [0.15, 0.2) is 0 Å². The van der Waals surface area contributed by atoms with E-state index in [0.29, 0.717) is 12.3 Å². The Hall–Kier alpha value is -1.16. The molecule has 0 radical (unpaired) electrons. The summed E-state index contributed by atoms with van der Waals surface area (Å²) in [5.41, 5.74) is 1.12. The molecule has 1 aromatic rings. The van der Waals surface area contributed by atoms with Crippen LogP contribution in [0, 0.1) is 5.92 Å². The first-order valence-corrected chi connectivity index (χ1v) is 8.07. The van der Waals surface area contributed by atoms with Crippen molar-refractivity contribution in [2.75, 3.05) is 18.1 Å². The zero-order valence-corrected chi connectivity index (χ0v) is 11.7. The standard InChI is InChI=1S/C15H19NO2S/c17-15(8-11-9-19-10-11)16-13-5-3-7-18-14-6-2-1-4-12(13)14/h1-2,4,6,11,13H,3,5,7-10H2,(H,16,17). The smallest absolute Gasteiger partial charge is 0.220 e. The summed E-state index contributed by atoms with van der Waals surface area (Å²) in [5.74, 6) is 3.97. The molecule has 1 saturated heterocycles. The molecule has 1 N–H and O–H groups in total. The first-order valence-electron chi connectivity index (χ1n) is 6.92. The molecule has 3 rings (SSSR count). The van der Waals surface area contributed by atoms with Gasteiger partial charge in [-0.25, -0.2) is 0 Å². The number of amides is 1. The molecule has 19 heavy (non-hydrogen) atoms. The highest BCUT2D eigenvalue weighted by Crippen LogP contribution is 2.32. The zero-order valence-electron chi connectivity index (χ0n) is 10.9. The molecule has 0 bridgehead atoms. The van der Waals surface area contributed by atoms with E-state index in [2.05, 4.69) is 11.4 Å². The predicted molar refractivity (Wildman–Crippen MR) is 77.5 cm³/mol. The van der Waals surface area contributed by atoms with E-state index in [4.69, 9.17) is 4.74 Å². The number of thioether (sulfide) groups is 1. The van der Waals surface area contributed by atoms with Crippen molar-refractivity contribution in [3.05, 3.63) is 29.8 Å². The second kappa shape index (κ2) is 5.87. The topological polar surface area (TPSA) is 38.3 Å². The van der Waals surface area contributed by atoms with Crippen LogP contribution >= 0.6 is 11.8 Å². The van der Waals surface area contributed by atoms with Crippen LogP contribution in [0.25, 0.3) is 0 Å². The van der Waals surface area contributed by atoms with Gasteiger partial charge in [0, 0.05) is 12.0 Å². The zero-order chi connectivity index (χ0) is 13.1. The van der Waals surface area contributed by atoms with Gasteiger partial charge < -0.3 is 10.1 Å². The van der Waals surface area contributed by atoms with Gasteiger partial charge in [0.25, 0.3) is 0 Å². The Morgan fingerprint density at radius 2 is 2.21 bits per heavy atom. The van der Waals surface area contributed by atoms with Gasteiger partial charge in [0.1, 0.15) is 5.75 Å². The van der Waals surface area contributed by atoms with Gasteiger partial charge in [0.2, 0.25) is 5.91 Å². The molecule has 4 heteroatoms. The predicted octanol–water partition coefficient (Wildman–Crippen LogP) is 2.77. The van der Waals surface area contributed by atoms with Crippen LogP contribution in [0.1, 0.15) is 30.9 Å². The fourth-order valence-electron chi connectivity index (χ4n) is 2.59. The summed E-state index contributed by atoms with van der Waals surface area (Å²) < 4.78 is 5.72. The number of hydrogen-bond donors (Lipinski definition) is 1. The van der Waals surface area contributed by atoms with Crippen LogP contribution in [0.2, 0.25) is 0 Å². The Bertz CT molecular complexity index is 459. The van der Waals surface area contributed by atoms with Crippen LogP contribution in [0.4, 0.5) is 0 Å². The number of rotatable bonds is 3. The summed E-state index contributed by atoms with van der Waals surface area (Å²) in [6, 6.07) is 8.15. The molecule has 1 aromatic carbocycles. The number of ether oxygens (including phenoxy) is 1. The Labute approximate surface area is 118 Å². The van der Waals surface area contributed by atoms with E-state index in [1.54, 1.807) is 0 Å². The van der Waals surface area contributed by atoms with Crippen molar-refractivity contribution in [2.24, 2.45) is 5.92 Å². The molecule has 0 aromatic heterocycles. The normalized spacial score (nSPS) is 22.6. The number of nitrogens with one attached hydrogen (secondary N) is 1. The van der Waals surface area contributed by atoms with Crippen molar-refractivity contribution in [3.8, 4) is 5.75 Å². The van der Waals surface area contributed by atoms with Crippen LogP contribution < -0.4 is 10.1 Å². The number of carbonyl (C=O) groups excluding carboxylic acids is 1. The van der Waals surface area contributed by atoms with Gasteiger partial charge in [-0.15, -0.1) is 0 Å². The van der Waals surface area contributed by atoms with E-state index in [9.17, 15) is 4.79 Å². The molecule has 102 valence electrons.